The first-order chi connectivity index (χ1) is 11.2. The Morgan fingerprint density at radius 2 is 2.09 bits per heavy atom. The molecule has 2 N–H and O–H groups in total. The van der Waals surface area contributed by atoms with Gasteiger partial charge in [0.15, 0.2) is 0 Å². The highest BCUT2D eigenvalue weighted by molar-refractivity contribution is 5.79. The van der Waals surface area contributed by atoms with Crippen molar-refractivity contribution in [2.75, 3.05) is 26.8 Å². The highest BCUT2D eigenvalue weighted by Gasteiger charge is 2.21. The molecular weight excluding hydrogens is 296 g/mol. The van der Waals surface area contributed by atoms with Gasteiger partial charge in [-0.3, -0.25) is 9.59 Å². The zero-order chi connectivity index (χ0) is 16.5. The van der Waals surface area contributed by atoms with Gasteiger partial charge in [0.25, 0.3) is 0 Å². The number of hydrogen-bond donors (Lipinski definition) is 2. The number of hydrogen-bond acceptors (Lipinski definition) is 5. The van der Waals surface area contributed by atoms with Crippen LogP contribution in [0.25, 0.3) is 0 Å². The van der Waals surface area contributed by atoms with Crippen molar-refractivity contribution in [3.05, 3.63) is 29.8 Å². The standard InChI is InChI=1S/C17H24N2O4/c1-22-16(20)3-2-10-23-15-6-4-13(5-7-15)11-19-17(21)14-8-9-18-12-14/h4-7,14,18H,2-3,8-12H2,1H3,(H,19,21). The maximum absolute atomic E-state index is 11.9. The summed E-state index contributed by atoms with van der Waals surface area (Å²) in [6.45, 7) is 2.68. The fourth-order valence-corrected chi connectivity index (χ4v) is 2.42. The first-order valence-corrected chi connectivity index (χ1v) is 7.96. The Hall–Kier alpha value is -2.08. The van der Waals surface area contributed by atoms with Gasteiger partial charge in [0.2, 0.25) is 5.91 Å². The van der Waals surface area contributed by atoms with E-state index in [1.54, 1.807) is 0 Å². The fourth-order valence-electron chi connectivity index (χ4n) is 2.42. The van der Waals surface area contributed by atoms with E-state index in [2.05, 4.69) is 15.4 Å². The van der Waals surface area contributed by atoms with Crippen LogP contribution in [0.1, 0.15) is 24.8 Å². The van der Waals surface area contributed by atoms with Gasteiger partial charge in [-0.15, -0.1) is 0 Å². The molecule has 1 aromatic rings. The van der Waals surface area contributed by atoms with Crippen molar-refractivity contribution in [2.24, 2.45) is 5.92 Å². The molecule has 1 saturated heterocycles. The normalized spacial score (nSPS) is 16.8. The summed E-state index contributed by atoms with van der Waals surface area (Å²) in [5.41, 5.74) is 1.03. The minimum Gasteiger partial charge on any atom is -0.494 e. The molecular formula is C17H24N2O4. The van der Waals surface area contributed by atoms with E-state index in [4.69, 9.17) is 4.74 Å². The number of benzene rings is 1. The van der Waals surface area contributed by atoms with Crippen molar-refractivity contribution in [2.45, 2.75) is 25.8 Å². The topological polar surface area (TPSA) is 76.7 Å². The minimum absolute atomic E-state index is 0.0902. The van der Waals surface area contributed by atoms with Crippen LogP contribution in [-0.4, -0.2) is 38.7 Å². The third kappa shape index (κ3) is 5.90. The third-order valence-corrected chi connectivity index (χ3v) is 3.84. The zero-order valence-corrected chi connectivity index (χ0v) is 13.5. The van der Waals surface area contributed by atoms with E-state index in [0.29, 0.717) is 26.0 Å². The van der Waals surface area contributed by atoms with E-state index < -0.39 is 0 Å². The van der Waals surface area contributed by atoms with Crippen molar-refractivity contribution >= 4 is 11.9 Å². The lowest BCUT2D eigenvalue weighted by Gasteiger charge is -2.10. The summed E-state index contributed by atoms with van der Waals surface area (Å²) in [4.78, 5) is 22.9. The molecule has 126 valence electrons. The van der Waals surface area contributed by atoms with Crippen molar-refractivity contribution in [3.8, 4) is 5.75 Å². The molecule has 1 aromatic carbocycles. The molecule has 23 heavy (non-hydrogen) atoms. The number of nitrogens with one attached hydrogen (secondary N) is 2. The Morgan fingerprint density at radius 1 is 1.30 bits per heavy atom. The van der Waals surface area contributed by atoms with Gasteiger partial charge in [0.1, 0.15) is 5.75 Å². The predicted octanol–water partition coefficient (Wildman–Crippen LogP) is 1.24. The average Bonchev–Trinajstić information content (AvgIpc) is 3.12. The van der Waals surface area contributed by atoms with Gasteiger partial charge in [-0.1, -0.05) is 12.1 Å². The molecule has 1 aliphatic rings. The van der Waals surface area contributed by atoms with Crippen molar-refractivity contribution in [1.29, 1.82) is 0 Å². The molecule has 0 aliphatic carbocycles. The molecule has 1 amide bonds. The lowest BCUT2D eigenvalue weighted by molar-refractivity contribution is -0.140. The first-order valence-electron chi connectivity index (χ1n) is 7.96. The molecule has 1 atom stereocenters. The Balaban J connectivity index is 1.67. The summed E-state index contributed by atoms with van der Waals surface area (Å²) in [5, 5.41) is 6.15. The van der Waals surface area contributed by atoms with E-state index in [1.807, 2.05) is 24.3 Å². The number of carbonyl (C=O) groups is 2. The van der Waals surface area contributed by atoms with E-state index in [-0.39, 0.29) is 17.8 Å². The zero-order valence-electron chi connectivity index (χ0n) is 13.5. The number of carbonyl (C=O) groups excluding carboxylic acids is 2. The lowest BCUT2D eigenvalue weighted by atomic mass is 10.1. The Kier molecular flexibility index (Phi) is 6.87. The van der Waals surface area contributed by atoms with Crippen LogP contribution in [0, 0.1) is 5.92 Å². The van der Waals surface area contributed by atoms with Crippen molar-refractivity contribution in [1.82, 2.24) is 10.6 Å². The Labute approximate surface area is 136 Å². The summed E-state index contributed by atoms with van der Waals surface area (Å²) in [6, 6.07) is 7.61. The molecule has 0 aromatic heterocycles. The number of methoxy groups -OCH3 is 1. The van der Waals surface area contributed by atoms with Crippen LogP contribution in [0.2, 0.25) is 0 Å². The molecule has 1 aliphatic heterocycles. The molecule has 2 rings (SSSR count). The molecule has 1 heterocycles. The van der Waals surface area contributed by atoms with Gasteiger partial charge < -0.3 is 20.1 Å². The smallest absolute Gasteiger partial charge is 0.305 e. The summed E-state index contributed by atoms with van der Waals surface area (Å²) < 4.78 is 10.1. The highest BCUT2D eigenvalue weighted by Crippen LogP contribution is 2.13. The molecule has 0 saturated carbocycles. The Bertz CT molecular complexity index is 510. The molecule has 0 radical (unpaired) electrons. The van der Waals surface area contributed by atoms with Crippen LogP contribution in [0.15, 0.2) is 24.3 Å². The second kappa shape index (κ2) is 9.15. The average molecular weight is 320 g/mol. The van der Waals surface area contributed by atoms with Crippen LogP contribution >= 0.6 is 0 Å². The maximum atomic E-state index is 11.9. The third-order valence-electron chi connectivity index (χ3n) is 3.84. The van der Waals surface area contributed by atoms with Gasteiger partial charge in [0.05, 0.1) is 19.6 Å². The largest absolute Gasteiger partial charge is 0.494 e. The van der Waals surface area contributed by atoms with E-state index in [0.717, 1.165) is 30.8 Å². The number of rotatable bonds is 8. The highest BCUT2D eigenvalue weighted by atomic mass is 16.5. The van der Waals surface area contributed by atoms with Gasteiger partial charge in [-0.05, 0) is 37.1 Å². The molecule has 6 heteroatoms. The van der Waals surface area contributed by atoms with E-state index in [9.17, 15) is 9.59 Å². The van der Waals surface area contributed by atoms with Crippen molar-refractivity contribution in [3.63, 3.8) is 0 Å². The fraction of sp³-hybridized carbons (Fsp3) is 0.529. The number of esters is 1. The summed E-state index contributed by atoms with van der Waals surface area (Å²) in [6.07, 6.45) is 1.89. The first kappa shape index (κ1) is 17.3. The van der Waals surface area contributed by atoms with Crippen molar-refractivity contribution < 1.29 is 19.1 Å². The molecule has 1 unspecified atom stereocenters. The number of amides is 1. The van der Waals surface area contributed by atoms with E-state index in [1.165, 1.54) is 7.11 Å². The van der Waals surface area contributed by atoms with Gasteiger partial charge in [-0.2, -0.15) is 0 Å². The molecule has 0 bridgehead atoms. The van der Waals surface area contributed by atoms with Crippen LogP contribution in [0.3, 0.4) is 0 Å². The monoisotopic (exact) mass is 320 g/mol. The van der Waals surface area contributed by atoms with Gasteiger partial charge in [-0.25, -0.2) is 0 Å². The summed E-state index contributed by atoms with van der Waals surface area (Å²) in [7, 11) is 1.38. The molecule has 1 fully saturated rings. The number of ether oxygens (including phenoxy) is 2. The second-order valence-electron chi connectivity index (χ2n) is 5.58. The Morgan fingerprint density at radius 3 is 2.74 bits per heavy atom. The van der Waals surface area contributed by atoms with E-state index >= 15 is 0 Å². The quantitative estimate of drug-likeness (QED) is 0.557. The summed E-state index contributed by atoms with van der Waals surface area (Å²) in [5.74, 6) is 0.729. The predicted molar refractivity (Wildman–Crippen MR) is 86.0 cm³/mol. The molecule has 6 nitrogen and oxygen atoms in total. The molecule has 0 spiro atoms. The van der Waals surface area contributed by atoms with Crippen LogP contribution in [0.5, 0.6) is 5.75 Å². The van der Waals surface area contributed by atoms with Gasteiger partial charge >= 0.3 is 5.97 Å². The SMILES string of the molecule is COC(=O)CCCOc1ccc(CNC(=O)C2CCNC2)cc1. The maximum Gasteiger partial charge on any atom is 0.305 e. The van der Waals surface area contributed by atoms with Gasteiger partial charge in [0, 0.05) is 19.5 Å². The van der Waals surface area contributed by atoms with Crippen LogP contribution < -0.4 is 15.4 Å². The minimum atomic E-state index is -0.225. The summed E-state index contributed by atoms with van der Waals surface area (Å²) >= 11 is 0. The second-order valence-corrected chi connectivity index (χ2v) is 5.58. The van der Waals surface area contributed by atoms with Crippen LogP contribution in [-0.2, 0) is 20.9 Å². The van der Waals surface area contributed by atoms with Crippen LogP contribution in [0.4, 0.5) is 0 Å². The lowest BCUT2D eigenvalue weighted by Crippen LogP contribution is -2.31.